The van der Waals surface area contributed by atoms with Crippen LogP contribution >= 0.6 is 11.6 Å². The Hall–Kier alpha value is -1.55. The van der Waals surface area contributed by atoms with Crippen LogP contribution in [0.25, 0.3) is 0 Å². The number of imide groups is 1. The van der Waals surface area contributed by atoms with E-state index in [9.17, 15) is 9.59 Å². The summed E-state index contributed by atoms with van der Waals surface area (Å²) in [6.07, 6.45) is 1.68. The molecule has 19 heavy (non-hydrogen) atoms. The third-order valence-corrected chi connectivity index (χ3v) is 3.73. The summed E-state index contributed by atoms with van der Waals surface area (Å²) in [7, 11) is 0. The van der Waals surface area contributed by atoms with E-state index in [1.807, 2.05) is 19.9 Å². The third-order valence-electron chi connectivity index (χ3n) is 3.32. The lowest BCUT2D eigenvalue weighted by atomic mass is 10.00. The summed E-state index contributed by atoms with van der Waals surface area (Å²) in [4.78, 5) is 25.4. The second-order valence-electron chi connectivity index (χ2n) is 4.78. The molecule has 0 aliphatic carbocycles. The van der Waals surface area contributed by atoms with Crippen LogP contribution in [0, 0.1) is 12.8 Å². The Bertz CT molecular complexity index is 516. The van der Waals surface area contributed by atoms with E-state index in [1.54, 1.807) is 12.1 Å². The molecule has 2 rings (SSSR count). The number of rotatable bonds is 3. The second kappa shape index (κ2) is 5.61. The number of halogens is 1. The van der Waals surface area contributed by atoms with Crippen molar-refractivity contribution in [1.82, 2.24) is 5.32 Å². The molecule has 1 atom stereocenters. The van der Waals surface area contributed by atoms with Crippen LogP contribution in [-0.4, -0.2) is 18.5 Å². The molecule has 3 amide bonds. The minimum atomic E-state index is -0.378. The standard InChI is InChI=1S/C14H17ClN2O2/c1-3-4-10-8-16-14(19)17(13(10)18)11-6-5-9(2)12(15)7-11/h5-7,10H,3-4,8H2,1-2H3,(H,16,19). The Balaban J connectivity index is 2.31. The summed E-state index contributed by atoms with van der Waals surface area (Å²) in [5.41, 5.74) is 1.44. The molecular formula is C14H17ClN2O2. The van der Waals surface area contributed by atoms with Crippen LogP contribution in [0.3, 0.4) is 0 Å². The lowest BCUT2D eigenvalue weighted by Gasteiger charge is -2.31. The zero-order valence-corrected chi connectivity index (χ0v) is 11.8. The van der Waals surface area contributed by atoms with E-state index in [-0.39, 0.29) is 17.9 Å². The van der Waals surface area contributed by atoms with E-state index < -0.39 is 0 Å². The summed E-state index contributed by atoms with van der Waals surface area (Å²) >= 11 is 6.06. The molecule has 0 bridgehead atoms. The Morgan fingerprint density at radius 1 is 1.42 bits per heavy atom. The number of benzene rings is 1. The summed E-state index contributed by atoms with van der Waals surface area (Å²) < 4.78 is 0. The first-order chi connectivity index (χ1) is 9.04. The second-order valence-corrected chi connectivity index (χ2v) is 5.19. The van der Waals surface area contributed by atoms with E-state index in [0.717, 1.165) is 18.4 Å². The molecule has 4 nitrogen and oxygen atoms in total. The average Bonchev–Trinajstić information content (AvgIpc) is 2.37. The van der Waals surface area contributed by atoms with E-state index >= 15 is 0 Å². The maximum atomic E-state index is 12.3. The smallest absolute Gasteiger partial charge is 0.328 e. The molecule has 1 N–H and O–H groups in total. The van der Waals surface area contributed by atoms with Crippen LogP contribution in [0.15, 0.2) is 18.2 Å². The molecule has 1 aromatic carbocycles. The predicted octanol–water partition coefficient (Wildman–Crippen LogP) is 3.12. The van der Waals surface area contributed by atoms with Gasteiger partial charge in [-0.1, -0.05) is 31.0 Å². The molecule has 1 aromatic rings. The van der Waals surface area contributed by atoms with Crippen LogP contribution in [0.2, 0.25) is 5.02 Å². The molecule has 102 valence electrons. The molecular weight excluding hydrogens is 264 g/mol. The maximum Gasteiger partial charge on any atom is 0.328 e. The molecule has 1 aliphatic rings. The minimum Gasteiger partial charge on any atom is -0.337 e. The van der Waals surface area contributed by atoms with Gasteiger partial charge in [0.15, 0.2) is 0 Å². The fraction of sp³-hybridized carbons (Fsp3) is 0.429. The van der Waals surface area contributed by atoms with Gasteiger partial charge in [0.25, 0.3) is 0 Å². The summed E-state index contributed by atoms with van der Waals surface area (Å²) in [6, 6.07) is 4.83. The topological polar surface area (TPSA) is 49.4 Å². The SMILES string of the molecule is CCCC1CNC(=O)N(c2ccc(C)c(Cl)c2)C1=O. The fourth-order valence-corrected chi connectivity index (χ4v) is 2.37. The maximum absolute atomic E-state index is 12.3. The molecule has 0 saturated carbocycles. The van der Waals surface area contributed by atoms with Crippen molar-refractivity contribution in [3.63, 3.8) is 0 Å². The highest BCUT2D eigenvalue weighted by molar-refractivity contribution is 6.32. The molecule has 0 radical (unpaired) electrons. The average molecular weight is 281 g/mol. The number of nitrogens with zero attached hydrogens (tertiary/aromatic N) is 1. The van der Waals surface area contributed by atoms with Crippen molar-refractivity contribution >= 4 is 29.2 Å². The Morgan fingerprint density at radius 2 is 2.16 bits per heavy atom. The fourth-order valence-electron chi connectivity index (χ4n) is 2.20. The highest BCUT2D eigenvalue weighted by Crippen LogP contribution is 2.26. The van der Waals surface area contributed by atoms with Gasteiger partial charge in [0, 0.05) is 11.6 Å². The van der Waals surface area contributed by atoms with Crippen LogP contribution < -0.4 is 10.2 Å². The first-order valence-electron chi connectivity index (χ1n) is 6.42. The number of hydrogen-bond donors (Lipinski definition) is 1. The predicted molar refractivity (Wildman–Crippen MR) is 75.5 cm³/mol. The van der Waals surface area contributed by atoms with Gasteiger partial charge in [-0.3, -0.25) is 4.79 Å². The molecule has 1 unspecified atom stereocenters. The van der Waals surface area contributed by atoms with Crippen molar-refractivity contribution in [3.8, 4) is 0 Å². The Morgan fingerprint density at radius 3 is 2.79 bits per heavy atom. The van der Waals surface area contributed by atoms with Crippen molar-refractivity contribution < 1.29 is 9.59 Å². The van der Waals surface area contributed by atoms with E-state index in [1.165, 1.54) is 4.90 Å². The van der Waals surface area contributed by atoms with Crippen LogP contribution in [-0.2, 0) is 4.79 Å². The number of carbonyl (C=O) groups is 2. The van der Waals surface area contributed by atoms with Crippen LogP contribution in [0.1, 0.15) is 25.3 Å². The molecule has 1 aliphatic heterocycles. The Labute approximate surface area is 117 Å². The van der Waals surface area contributed by atoms with Crippen molar-refractivity contribution in [3.05, 3.63) is 28.8 Å². The lowest BCUT2D eigenvalue weighted by molar-refractivity contribution is -0.122. The monoisotopic (exact) mass is 280 g/mol. The van der Waals surface area contributed by atoms with Crippen molar-refractivity contribution in [2.75, 3.05) is 11.4 Å². The summed E-state index contributed by atoms with van der Waals surface area (Å²) in [5, 5.41) is 3.30. The molecule has 1 heterocycles. The number of hydrogen-bond acceptors (Lipinski definition) is 2. The highest BCUT2D eigenvalue weighted by atomic mass is 35.5. The number of aryl methyl sites for hydroxylation is 1. The van der Waals surface area contributed by atoms with Gasteiger partial charge in [-0.15, -0.1) is 0 Å². The number of nitrogens with one attached hydrogen (secondary N) is 1. The molecule has 0 aromatic heterocycles. The molecule has 5 heteroatoms. The number of urea groups is 1. The first kappa shape index (κ1) is 13.9. The highest BCUT2D eigenvalue weighted by Gasteiger charge is 2.34. The van der Waals surface area contributed by atoms with Gasteiger partial charge in [0.1, 0.15) is 0 Å². The zero-order valence-electron chi connectivity index (χ0n) is 11.1. The van der Waals surface area contributed by atoms with Crippen LogP contribution in [0.4, 0.5) is 10.5 Å². The minimum absolute atomic E-state index is 0.148. The van der Waals surface area contributed by atoms with Gasteiger partial charge in [-0.05, 0) is 31.0 Å². The van der Waals surface area contributed by atoms with Gasteiger partial charge in [0.2, 0.25) is 5.91 Å². The number of anilines is 1. The van der Waals surface area contributed by atoms with Gasteiger partial charge in [-0.25, -0.2) is 9.69 Å². The third kappa shape index (κ3) is 2.73. The number of amides is 3. The van der Waals surface area contributed by atoms with E-state index in [0.29, 0.717) is 17.3 Å². The lowest BCUT2D eigenvalue weighted by Crippen LogP contribution is -2.55. The van der Waals surface area contributed by atoms with Gasteiger partial charge >= 0.3 is 6.03 Å². The van der Waals surface area contributed by atoms with E-state index in [2.05, 4.69) is 5.32 Å². The molecule has 0 spiro atoms. The zero-order chi connectivity index (χ0) is 14.0. The van der Waals surface area contributed by atoms with Crippen molar-refractivity contribution in [2.24, 2.45) is 5.92 Å². The largest absolute Gasteiger partial charge is 0.337 e. The summed E-state index contributed by atoms with van der Waals surface area (Å²) in [5.74, 6) is -0.298. The van der Waals surface area contributed by atoms with Crippen LogP contribution in [0.5, 0.6) is 0 Å². The molecule has 1 saturated heterocycles. The summed E-state index contributed by atoms with van der Waals surface area (Å²) in [6.45, 7) is 4.32. The van der Waals surface area contributed by atoms with Gasteiger partial charge < -0.3 is 5.32 Å². The molecule has 1 fully saturated rings. The Kier molecular flexibility index (Phi) is 4.10. The van der Waals surface area contributed by atoms with Crippen molar-refractivity contribution in [1.29, 1.82) is 0 Å². The number of carbonyl (C=O) groups excluding carboxylic acids is 2. The van der Waals surface area contributed by atoms with Gasteiger partial charge in [-0.2, -0.15) is 0 Å². The first-order valence-corrected chi connectivity index (χ1v) is 6.80. The normalized spacial score (nSPS) is 19.5. The quantitative estimate of drug-likeness (QED) is 0.925. The van der Waals surface area contributed by atoms with Crippen molar-refractivity contribution in [2.45, 2.75) is 26.7 Å². The van der Waals surface area contributed by atoms with E-state index in [4.69, 9.17) is 11.6 Å². The van der Waals surface area contributed by atoms with Gasteiger partial charge in [0.05, 0.1) is 11.6 Å².